The largest absolute Gasteiger partial charge is 0.479 e. The van der Waals surface area contributed by atoms with E-state index in [-0.39, 0.29) is 5.97 Å². The van der Waals surface area contributed by atoms with Crippen LogP contribution in [0.5, 0.6) is 0 Å². The lowest BCUT2D eigenvalue weighted by Crippen LogP contribution is -2.27. The highest BCUT2D eigenvalue weighted by Crippen LogP contribution is 2.14. The van der Waals surface area contributed by atoms with Gasteiger partial charge in [-0.15, -0.1) is 0 Å². The van der Waals surface area contributed by atoms with Crippen molar-refractivity contribution in [2.45, 2.75) is 168 Å². The third kappa shape index (κ3) is 27.2. The number of carboxylic acid groups (broad SMARTS) is 1. The summed E-state index contributed by atoms with van der Waals surface area (Å²) in [6, 6.07) is 0. The van der Waals surface area contributed by atoms with Gasteiger partial charge in [-0.3, -0.25) is 4.79 Å². The van der Waals surface area contributed by atoms with Gasteiger partial charge in [-0.25, -0.2) is 4.79 Å². The summed E-state index contributed by atoms with van der Waals surface area (Å²) < 4.78 is 5.26. The van der Waals surface area contributed by atoms with E-state index in [0.29, 0.717) is 12.8 Å². The van der Waals surface area contributed by atoms with Crippen molar-refractivity contribution in [3.63, 3.8) is 0 Å². The maximum absolute atomic E-state index is 12.1. The minimum absolute atomic E-state index is 0.315. The molecule has 0 rings (SSSR count). The van der Waals surface area contributed by atoms with E-state index >= 15 is 0 Å². The van der Waals surface area contributed by atoms with Gasteiger partial charge in [0.25, 0.3) is 0 Å². The van der Waals surface area contributed by atoms with E-state index in [1.807, 2.05) is 0 Å². The number of ether oxygens (including phenoxy) is 1. The Bertz CT molecular complexity index is 620. The Balaban J connectivity index is 3.67. The summed E-state index contributed by atoms with van der Waals surface area (Å²) in [7, 11) is 0. The van der Waals surface area contributed by atoms with Crippen molar-refractivity contribution in [3.05, 3.63) is 36.5 Å². The van der Waals surface area contributed by atoms with Crippen LogP contribution in [0.25, 0.3) is 0 Å². The van der Waals surface area contributed by atoms with Crippen molar-refractivity contribution < 1.29 is 19.4 Å². The fourth-order valence-electron chi connectivity index (χ4n) is 4.44. The molecule has 1 unspecified atom stereocenters. The first-order valence-electron chi connectivity index (χ1n) is 16.0. The number of aliphatic carboxylic acids is 1. The van der Waals surface area contributed by atoms with E-state index in [9.17, 15) is 14.7 Å². The molecule has 1 atom stereocenters. The van der Waals surface area contributed by atoms with Crippen molar-refractivity contribution in [2.75, 3.05) is 0 Å². The van der Waals surface area contributed by atoms with Gasteiger partial charge >= 0.3 is 11.9 Å². The zero-order valence-corrected chi connectivity index (χ0v) is 25.0. The summed E-state index contributed by atoms with van der Waals surface area (Å²) in [5, 5.41) is 9.40. The average Bonchev–Trinajstić information content (AvgIpc) is 2.90. The second-order valence-corrected chi connectivity index (χ2v) is 10.6. The molecule has 0 saturated heterocycles. The first-order chi connectivity index (χ1) is 18.6. The van der Waals surface area contributed by atoms with Crippen LogP contribution in [0.15, 0.2) is 36.5 Å². The number of esters is 1. The van der Waals surface area contributed by atoms with Crippen LogP contribution in [-0.2, 0) is 14.3 Å². The molecule has 0 fully saturated rings. The average molecular weight is 533 g/mol. The van der Waals surface area contributed by atoms with Gasteiger partial charge in [0.05, 0.1) is 0 Å². The quantitative estimate of drug-likeness (QED) is 0.0618. The predicted molar refractivity (Wildman–Crippen MR) is 162 cm³/mol. The van der Waals surface area contributed by atoms with Crippen molar-refractivity contribution in [3.8, 4) is 0 Å². The molecule has 38 heavy (non-hydrogen) atoms. The summed E-state index contributed by atoms with van der Waals surface area (Å²) in [6.45, 7) is 4.47. The fourth-order valence-corrected chi connectivity index (χ4v) is 4.44. The monoisotopic (exact) mass is 532 g/mol. The third-order valence-corrected chi connectivity index (χ3v) is 6.89. The molecule has 1 N–H and O–H groups in total. The zero-order chi connectivity index (χ0) is 27.9. The number of carbonyl (C=O) groups is 2. The van der Waals surface area contributed by atoms with Gasteiger partial charge in [-0.05, 0) is 57.8 Å². The molecule has 0 aromatic heterocycles. The molecule has 4 heteroatoms. The number of unbranched alkanes of at least 4 members (excludes halogenated alkanes) is 16. The first-order valence-corrected chi connectivity index (χ1v) is 16.0. The molecule has 0 saturated carbocycles. The van der Waals surface area contributed by atoms with Gasteiger partial charge in [0.1, 0.15) is 0 Å². The second kappa shape index (κ2) is 29.7. The number of carbonyl (C=O) groups excluding carboxylic acids is 1. The summed E-state index contributed by atoms with van der Waals surface area (Å²) in [6.07, 6.45) is 37.4. The van der Waals surface area contributed by atoms with Crippen LogP contribution in [-0.4, -0.2) is 23.1 Å². The van der Waals surface area contributed by atoms with Crippen LogP contribution >= 0.6 is 0 Å². The molecule has 0 aliphatic heterocycles. The van der Waals surface area contributed by atoms with E-state index < -0.39 is 12.1 Å². The highest BCUT2D eigenvalue weighted by Gasteiger charge is 2.21. The van der Waals surface area contributed by atoms with E-state index in [0.717, 1.165) is 64.2 Å². The summed E-state index contributed by atoms with van der Waals surface area (Å²) in [4.78, 5) is 23.6. The SMILES string of the molecule is CCCCC/C=C\C/C=C\C/C=C\CCCCCCC(=O)OC(CCCCCCCCCCCC)C(=O)O. The van der Waals surface area contributed by atoms with E-state index in [1.54, 1.807) is 0 Å². The fraction of sp³-hybridized carbons (Fsp3) is 0.765. The van der Waals surface area contributed by atoms with Gasteiger partial charge < -0.3 is 9.84 Å². The van der Waals surface area contributed by atoms with Gasteiger partial charge in [0.2, 0.25) is 0 Å². The maximum atomic E-state index is 12.1. The Kier molecular flexibility index (Phi) is 28.3. The summed E-state index contributed by atoms with van der Waals surface area (Å²) in [5.41, 5.74) is 0. The lowest BCUT2D eigenvalue weighted by Gasteiger charge is -2.13. The first kappa shape index (κ1) is 36.2. The highest BCUT2D eigenvalue weighted by atomic mass is 16.6. The molecule has 0 amide bonds. The van der Waals surface area contributed by atoms with Crippen molar-refractivity contribution in [2.24, 2.45) is 0 Å². The van der Waals surface area contributed by atoms with Crippen LogP contribution in [0, 0.1) is 0 Å². The van der Waals surface area contributed by atoms with Gasteiger partial charge in [0, 0.05) is 6.42 Å². The Hall–Kier alpha value is -1.84. The van der Waals surface area contributed by atoms with Crippen LogP contribution in [0.4, 0.5) is 0 Å². The Morgan fingerprint density at radius 2 is 1.00 bits per heavy atom. The maximum Gasteiger partial charge on any atom is 0.345 e. The molecule has 0 bridgehead atoms. The van der Waals surface area contributed by atoms with Gasteiger partial charge in [0.15, 0.2) is 6.10 Å². The normalized spacial score (nSPS) is 12.7. The molecule has 0 spiro atoms. The minimum Gasteiger partial charge on any atom is -0.479 e. The molecule has 220 valence electrons. The topological polar surface area (TPSA) is 63.6 Å². The van der Waals surface area contributed by atoms with Crippen molar-refractivity contribution >= 4 is 11.9 Å². The smallest absolute Gasteiger partial charge is 0.345 e. The molecule has 0 aromatic rings. The zero-order valence-electron chi connectivity index (χ0n) is 25.0. The Morgan fingerprint density at radius 3 is 1.55 bits per heavy atom. The van der Waals surface area contributed by atoms with Gasteiger partial charge in [-0.1, -0.05) is 134 Å². The predicted octanol–water partition coefficient (Wildman–Crippen LogP) is 10.7. The second-order valence-electron chi connectivity index (χ2n) is 10.6. The molecular formula is C34H60O4. The highest BCUT2D eigenvalue weighted by molar-refractivity contribution is 5.77. The minimum atomic E-state index is -1.02. The van der Waals surface area contributed by atoms with Crippen LogP contribution in [0.3, 0.4) is 0 Å². The van der Waals surface area contributed by atoms with Crippen LogP contribution < -0.4 is 0 Å². The number of allylic oxidation sites excluding steroid dienone is 6. The lowest BCUT2D eigenvalue weighted by atomic mass is 10.0. The molecule has 0 aromatic carbocycles. The van der Waals surface area contributed by atoms with Gasteiger partial charge in [-0.2, -0.15) is 0 Å². The van der Waals surface area contributed by atoms with Crippen LogP contribution in [0.2, 0.25) is 0 Å². The molecule has 0 heterocycles. The molecule has 0 aliphatic rings. The molecule has 0 aliphatic carbocycles. The van der Waals surface area contributed by atoms with Crippen LogP contribution in [0.1, 0.15) is 162 Å². The summed E-state index contributed by atoms with van der Waals surface area (Å²) in [5.74, 6) is -1.39. The Labute approximate surface area is 235 Å². The number of hydrogen-bond acceptors (Lipinski definition) is 3. The summed E-state index contributed by atoms with van der Waals surface area (Å²) >= 11 is 0. The van der Waals surface area contributed by atoms with E-state index in [4.69, 9.17) is 4.74 Å². The number of rotatable bonds is 28. The number of hydrogen-bond donors (Lipinski definition) is 1. The third-order valence-electron chi connectivity index (χ3n) is 6.89. The molecule has 0 radical (unpaired) electrons. The lowest BCUT2D eigenvalue weighted by molar-refractivity contribution is -0.164. The number of carboxylic acids is 1. The Morgan fingerprint density at radius 1 is 0.579 bits per heavy atom. The van der Waals surface area contributed by atoms with Crippen molar-refractivity contribution in [1.29, 1.82) is 0 Å². The van der Waals surface area contributed by atoms with E-state index in [1.165, 1.54) is 70.6 Å². The van der Waals surface area contributed by atoms with E-state index in [2.05, 4.69) is 50.3 Å². The standard InChI is InChI=1S/C34H60O4/c1-3-5-7-9-11-13-15-16-17-18-19-20-21-23-25-27-29-31-33(35)38-32(34(36)37)30-28-26-24-22-14-12-10-8-6-4-2/h11,13,16-17,19-20,32H,3-10,12,14-15,18,21-31H2,1-2H3,(H,36,37)/b13-11-,17-16-,20-19-. The van der Waals surface area contributed by atoms with Crippen molar-refractivity contribution in [1.82, 2.24) is 0 Å². The molecular weight excluding hydrogens is 472 g/mol. The molecule has 4 nitrogen and oxygen atoms in total.